The number of rotatable bonds is 5. The van der Waals surface area contributed by atoms with Gasteiger partial charge in [0.05, 0.1) is 0 Å². The third kappa shape index (κ3) is 3.64. The van der Waals surface area contributed by atoms with Crippen LogP contribution in [0.15, 0.2) is 12.4 Å². The molecule has 3 aliphatic rings. The van der Waals surface area contributed by atoms with Gasteiger partial charge < -0.3 is 14.4 Å². The van der Waals surface area contributed by atoms with Crippen LogP contribution in [0.25, 0.3) is 0 Å². The number of nitrogens with zero attached hydrogens (tertiary/aromatic N) is 4. The van der Waals surface area contributed by atoms with E-state index in [1.807, 2.05) is 15.7 Å². The Kier molecular flexibility index (Phi) is 4.76. The third-order valence-electron chi connectivity index (χ3n) is 6.36. The molecule has 2 amide bonds. The van der Waals surface area contributed by atoms with Crippen molar-refractivity contribution in [3.63, 3.8) is 0 Å². The van der Waals surface area contributed by atoms with E-state index in [2.05, 4.69) is 16.8 Å². The number of hydrogen-bond acceptors (Lipinski definition) is 3. The van der Waals surface area contributed by atoms with Gasteiger partial charge in [0.25, 0.3) is 0 Å². The van der Waals surface area contributed by atoms with E-state index in [0.717, 1.165) is 63.6 Å². The first-order chi connectivity index (χ1) is 12.6. The number of aromatic nitrogens is 2. The zero-order valence-electron chi connectivity index (χ0n) is 15.8. The van der Waals surface area contributed by atoms with Gasteiger partial charge in [0.2, 0.25) is 11.8 Å². The van der Waals surface area contributed by atoms with Crippen molar-refractivity contribution < 1.29 is 9.59 Å². The Hall–Kier alpha value is -1.85. The number of likely N-dealkylation sites (tertiary alicyclic amines) is 2. The molecular formula is C20H30N4O2. The summed E-state index contributed by atoms with van der Waals surface area (Å²) in [5.41, 5.74) is 0.110. The molecule has 0 unspecified atom stereocenters. The summed E-state index contributed by atoms with van der Waals surface area (Å²) in [7, 11) is 0. The van der Waals surface area contributed by atoms with Crippen LogP contribution in [0.4, 0.5) is 0 Å². The maximum Gasteiger partial charge on any atom is 0.242 e. The number of hydrogen-bond donors (Lipinski definition) is 0. The van der Waals surface area contributed by atoms with Crippen LogP contribution in [0.1, 0.15) is 51.3 Å². The Balaban J connectivity index is 1.41. The molecule has 2 saturated heterocycles. The summed E-state index contributed by atoms with van der Waals surface area (Å²) in [5, 5.41) is 0. The average Bonchev–Trinajstić information content (AvgIpc) is 3.34. The van der Waals surface area contributed by atoms with E-state index in [1.165, 1.54) is 12.8 Å². The van der Waals surface area contributed by atoms with Gasteiger partial charge in [0.1, 0.15) is 12.4 Å². The highest BCUT2D eigenvalue weighted by Gasteiger charge is 2.43. The van der Waals surface area contributed by atoms with Crippen LogP contribution < -0.4 is 0 Å². The lowest BCUT2D eigenvalue weighted by Gasteiger charge is -2.48. The fraction of sp³-hybridized carbons (Fsp3) is 0.750. The van der Waals surface area contributed by atoms with Crippen molar-refractivity contribution in [3.05, 3.63) is 18.2 Å². The molecule has 0 N–H and O–H groups in total. The Labute approximate surface area is 155 Å². The highest BCUT2D eigenvalue weighted by Crippen LogP contribution is 2.40. The fourth-order valence-electron chi connectivity index (χ4n) is 4.68. The van der Waals surface area contributed by atoms with E-state index >= 15 is 0 Å². The largest absolute Gasteiger partial charge is 0.342 e. The van der Waals surface area contributed by atoms with Crippen molar-refractivity contribution in [3.8, 4) is 0 Å². The highest BCUT2D eigenvalue weighted by molar-refractivity contribution is 5.78. The highest BCUT2D eigenvalue weighted by atomic mass is 16.2. The summed E-state index contributed by atoms with van der Waals surface area (Å²) >= 11 is 0. The molecule has 1 atom stereocenters. The Morgan fingerprint density at radius 1 is 1.31 bits per heavy atom. The first-order valence-electron chi connectivity index (χ1n) is 10.1. The number of amides is 2. The van der Waals surface area contributed by atoms with Crippen LogP contribution in [0.5, 0.6) is 0 Å². The predicted molar refractivity (Wildman–Crippen MR) is 98.4 cm³/mol. The Morgan fingerprint density at radius 2 is 2.15 bits per heavy atom. The minimum atomic E-state index is 0.110. The van der Waals surface area contributed by atoms with Gasteiger partial charge >= 0.3 is 0 Å². The molecule has 1 aromatic heterocycles. The topological polar surface area (TPSA) is 58.4 Å². The molecule has 26 heavy (non-hydrogen) atoms. The number of carbonyl (C=O) groups excluding carboxylic acids is 2. The molecule has 0 aromatic carbocycles. The Morgan fingerprint density at radius 3 is 2.92 bits per heavy atom. The molecular weight excluding hydrogens is 328 g/mol. The second-order valence-corrected chi connectivity index (χ2v) is 8.46. The lowest BCUT2D eigenvalue weighted by Crippen LogP contribution is -2.55. The molecule has 2 aliphatic heterocycles. The van der Waals surface area contributed by atoms with Crippen molar-refractivity contribution >= 4 is 11.8 Å². The minimum Gasteiger partial charge on any atom is -0.342 e. The summed E-state index contributed by atoms with van der Waals surface area (Å²) in [5.74, 6) is 2.19. The van der Waals surface area contributed by atoms with Gasteiger partial charge in [-0.2, -0.15) is 0 Å². The molecule has 6 heteroatoms. The van der Waals surface area contributed by atoms with Gasteiger partial charge in [-0.3, -0.25) is 9.59 Å². The van der Waals surface area contributed by atoms with Gasteiger partial charge in [-0.15, -0.1) is 0 Å². The van der Waals surface area contributed by atoms with Crippen LogP contribution in [0.2, 0.25) is 0 Å². The zero-order valence-corrected chi connectivity index (χ0v) is 15.8. The van der Waals surface area contributed by atoms with Gasteiger partial charge in [-0.1, -0.05) is 6.92 Å². The lowest BCUT2D eigenvalue weighted by atomic mass is 9.73. The van der Waals surface area contributed by atoms with Crippen LogP contribution >= 0.6 is 0 Å². The van der Waals surface area contributed by atoms with Crippen molar-refractivity contribution in [2.75, 3.05) is 26.2 Å². The Bertz CT molecular complexity index is 681. The van der Waals surface area contributed by atoms with Gasteiger partial charge in [-0.25, -0.2) is 4.98 Å². The zero-order chi connectivity index (χ0) is 18.1. The van der Waals surface area contributed by atoms with Crippen molar-refractivity contribution in [2.45, 2.75) is 58.4 Å². The maximum absolute atomic E-state index is 12.9. The normalized spacial score (nSPS) is 26.6. The van der Waals surface area contributed by atoms with Gasteiger partial charge in [0.15, 0.2) is 0 Å². The molecule has 0 bridgehead atoms. The summed E-state index contributed by atoms with van der Waals surface area (Å²) in [6.07, 6.45) is 10.8. The van der Waals surface area contributed by atoms with Gasteiger partial charge in [0, 0.05) is 56.8 Å². The molecule has 0 radical (unpaired) electrons. The molecule has 1 aromatic rings. The standard InChI is InChI=1S/C20H30N4O2/c1-2-17-21-9-11-22(17)13-19(26)23-10-3-7-20(14-23)8-6-18(25)24(15-20)12-16-4-5-16/h9,11,16H,2-8,10,12-15H2,1H3/t20-/m1/s1. The number of carbonyl (C=O) groups is 2. The molecule has 3 heterocycles. The monoisotopic (exact) mass is 358 g/mol. The molecule has 142 valence electrons. The van der Waals surface area contributed by atoms with E-state index in [4.69, 9.17) is 0 Å². The van der Waals surface area contributed by atoms with Gasteiger partial charge in [-0.05, 0) is 38.0 Å². The first kappa shape index (κ1) is 17.6. The fourth-order valence-corrected chi connectivity index (χ4v) is 4.68. The van der Waals surface area contributed by atoms with Crippen LogP contribution in [0, 0.1) is 11.3 Å². The third-order valence-corrected chi connectivity index (χ3v) is 6.36. The van der Waals surface area contributed by atoms with Crippen LogP contribution in [0.3, 0.4) is 0 Å². The predicted octanol–water partition coefficient (Wildman–Crippen LogP) is 2.09. The van der Waals surface area contributed by atoms with E-state index in [9.17, 15) is 9.59 Å². The van der Waals surface area contributed by atoms with Crippen LogP contribution in [-0.4, -0.2) is 57.3 Å². The molecule has 6 nitrogen and oxygen atoms in total. The molecule has 4 rings (SSSR count). The molecule has 1 spiro atoms. The van der Waals surface area contributed by atoms with Crippen molar-refractivity contribution in [1.29, 1.82) is 0 Å². The van der Waals surface area contributed by atoms with E-state index in [1.54, 1.807) is 6.20 Å². The molecule has 1 aliphatic carbocycles. The summed E-state index contributed by atoms with van der Waals surface area (Å²) in [4.78, 5) is 33.7. The van der Waals surface area contributed by atoms with E-state index < -0.39 is 0 Å². The van der Waals surface area contributed by atoms with Crippen molar-refractivity contribution in [1.82, 2.24) is 19.4 Å². The van der Waals surface area contributed by atoms with Crippen molar-refractivity contribution in [2.24, 2.45) is 11.3 Å². The number of aryl methyl sites for hydroxylation is 1. The number of piperidine rings is 2. The summed E-state index contributed by atoms with van der Waals surface area (Å²) in [6.45, 7) is 5.86. The lowest BCUT2D eigenvalue weighted by molar-refractivity contribution is -0.143. The summed E-state index contributed by atoms with van der Waals surface area (Å²) < 4.78 is 1.97. The SMILES string of the molecule is CCc1nccn1CC(=O)N1CCC[C@@]2(CCC(=O)N(CC3CC3)C2)C1. The van der Waals surface area contributed by atoms with Crippen LogP contribution in [-0.2, 0) is 22.6 Å². The second-order valence-electron chi connectivity index (χ2n) is 8.46. The van der Waals surface area contributed by atoms with E-state index in [-0.39, 0.29) is 11.3 Å². The molecule has 3 fully saturated rings. The maximum atomic E-state index is 12.9. The summed E-state index contributed by atoms with van der Waals surface area (Å²) in [6, 6.07) is 0. The first-order valence-corrected chi connectivity index (χ1v) is 10.1. The second kappa shape index (κ2) is 7.05. The smallest absolute Gasteiger partial charge is 0.242 e. The minimum absolute atomic E-state index is 0.110. The van der Waals surface area contributed by atoms with E-state index in [0.29, 0.717) is 18.9 Å². The average molecular weight is 358 g/mol. The number of imidazole rings is 1. The quantitative estimate of drug-likeness (QED) is 0.810. The molecule has 1 saturated carbocycles.